The molecule has 4 heteroatoms. The van der Waals surface area contributed by atoms with Crippen molar-refractivity contribution in [1.82, 2.24) is 5.32 Å². The third kappa shape index (κ3) is 4.88. The van der Waals surface area contributed by atoms with Gasteiger partial charge in [0.2, 0.25) is 5.91 Å². The second-order valence-corrected chi connectivity index (χ2v) is 5.52. The molecule has 2 aromatic rings. The summed E-state index contributed by atoms with van der Waals surface area (Å²) in [5, 5.41) is 6.80. The first kappa shape index (κ1) is 15.5. The molecule has 2 rings (SSSR count). The van der Waals surface area contributed by atoms with E-state index in [-0.39, 0.29) is 11.9 Å². The van der Waals surface area contributed by atoms with E-state index >= 15 is 0 Å². The van der Waals surface area contributed by atoms with Crippen molar-refractivity contribution in [3.05, 3.63) is 64.7 Å². The maximum atomic E-state index is 12.1. The standard InChI is InChI=1S/C17H19ClN2O/c1-12-3-9-16(10-4-12)20-17(21)13(2)19-11-14-5-7-15(18)8-6-14/h3-10,13,19H,11H2,1-2H3,(H,20,21)/t13-/m1/s1. The van der Waals surface area contributed by atoms with E-state index in [4.69, 9.17) is 11.6 Å². The van der Waals surface area contributed by atoms with Crippen molar-refractivity contribution in [3.63, 3.8) is 0 Å². The van der Waals surface area contributed by atoms with Crippen molar-refractivity contribution in [2.24, 2.45) is 0 Å². The molecule has 0 aliphatic rings. The molecule has 2 N–H and O–H groups in total. The molecule has 2 aromatic carbocycles. The summed E-state index contributed by atoms with van der Waals surface area (Å²) in [7, 11) is 0. The van der Waals surface area contributed by atoms with Gasteiger partial charge in [-0.2, -0.15) is 0 Å². The van der Waals surface area contributed by atoms with E-state index in [1.807, 2.05) is 62.4 Å². The van der Waals surface area contributed by atoms with E-state index in [1.165, 1.54) is 5.56 Å². The van der Waals surface area contributed by atoms with Crippen LogP contribution in [0, 0.1) is 6.92 Å². The summed E-state index contributed by atoms with van der Waals surface area (Å²) in [4.78, 5) is 12.1. The van der Waals surface area contributed by atoms with Crippen molar-refractivity contribution in [1.29, 1.82) is 0 Å². The molecule has 0 aliphatic heterocycles. The SMILES string of the molecule is Cc1ccc(NC(=O)[C@@H](C)NCc2ccc(Cl)cc2)cc1. The Morgan fingerprint density at radius 1 is 1.10 bits per heavy atom. The smallest absolute Gasteiger partial charge is 0.241 e. The van der Waals surface area contributed by atoms with Gasteiger partial charge in [0.05, 0.1) is 6.04 Å². The summed E-state index contributed by atoms with van der Waals surface area (Å²) in [5.74, 6) is -0.0483. The van der Waals surface area contributed by atoms with Gasteiger partial charge in [-0.25, -0.2) is 0 Å². The third-order valence-electron chi connectivity index (χ3n) is 3.24. The molecule has 3 nitrogen and oxygen atoms in total. The summed E-state index contributed by atoms with van der Waals surface area (Å²) in [6, 6.07) is 15.0. The predicted octanol–water partition coefficient (Wildman–Crippen LogP) is 3.77. The third-order valence-corrected chi connectivity index (χ3v) is 3.49. The number of carbonyl (C=O) groups excluding carboxylic acids is 1. The molecule has 0 heterocycles. The number of anilines is 1. The number of aryl methyl sites for hydroxylation is 1. The zero-order chi connectivity index (χ0) is 15.2. The van der Waals surface area contributed by atoms with Crippen molar-refractivity contribution in [3.8, 4) is 0 Å². The Bertz CT molecular complexity index is 593. The van der Waals surface area contributed by atoms with Gasteiger partial charge in [0, 0.05) is 17.3 Å². The molecule has 0 fully saturated rings. The van der Waals surface area contributed by atoms with Crippen LogP contribution in [0.25, 0.3) is 0 Å². The largest absolute Gasteiger partial charge is 0.325 e. The van der Waals surface area contributed by atoms with Gasteiger partial charge >= 0.3 is 0 Å². The lowest BCUT2D eigenvalue weighted by atomic mass is 10.2. The van der Waals surface area contributed by atoms with Crippen molar-refractivity contribution in [2.75, 3.05) is 5.32 Å². The molecule has 0 bridgehead atoms. The monoisotopic (exact) mass is 302 g/mol. The fourth-order valence-corrected chi connectivity index (χ4v) is 1.98. The molecule has 110 valence electrons. The molecule has 0 saturated carbocycles. The first-order valence-corrected chi connectivity index (χ1v) is 7.28. The van der Waals surface area contributed by atoms with Crippen LogP contribution in [-0.4, -0.2) is 11.9 Å². The van der Waals surface area contributed by atoms with Crippen LogP contribution in [0.1, 0.15) is 18.1 Å². The van der Waals surface area contributed by atoms with Crippen molar-refractivity contribution >= 4 is 23.2 Å². The molecule has 21 heavy (non-hydrogen) atoms. The van der Waals surface area contributed by atoms with Crippen LogP contribution in [0.2, 0.25) is 5.02 Å². The molecule has 0 aliphatic carbocycles. The Kier molecular flexibility index (Phi) is 5.37. The van der Waals surface area contributed by atoms with Crippen LogP contribution in [0.15, 0.2) is 48.5 Å². The summed E-state index contributed by atoms with van der Waals surface area (Å²) < 4.78 is 0. The molecular weight excluding hydrogens is 284 g/mol. The van der Waals surface area contributed by atoms with Gasteiger partial charge in [0.25, 0.3) is 0 Å². The summed E-state index contributed by atoms with van der Waals surface area (Å²) >= 11 is 5.84. The maximum Gasteiger partial charge on any atom is 0.241 e. The highest BCUT2D eigenvalue weighted by atomic mass is 35.5. The first-order chi connectivity index (χ1) is 10.0. The van der Waals surface area contributed by atoms with Gasteiger partial charge in [-0.15, -0.1) is 0 Å². The molecule has 0 spiro atoms. The second kappa shape index (κ2) is 7.25. The summed E-state index contributed by atoms with van der Waals surface area (Å²) in [5.41, 5.74) is 3.07. The molecule has 0 unspecified atom stereocenters. The van der Waals surface area contributed by atoms with E-state index in [0.29, 0.717) is 11.6 Å². The fourth-order valence-electron chi connectivity index (χ4n) is 1.85. The average Bonchev–Trinajstić information content (AvgIpc) is 2.48. The van der Waals surface area contributed by atoms with Crippen LogP contribution in [0.3, 0.4) is 0 Å². The topological polar surface area (TPSA) is 41.1 Å². The van der Waals surface area contributed by atoms with Crippen LogP contribution in [0.4, 0.5) is 5.69 Å². The van der Waals surface area contributed by atoms with Crippen LogP contribution >= 0.6 is 11.6 Å². The van der Waals surface area contributed by atoms with Crippen LogP contribution in [-0.2, 0) is 11.3 Å². The van der Waals surface area contributed by atoms with Gasteiger partial charge < -0.3 is 10.6 Å². The minimum atomic E-state index is -0.276. The minimum Gasteiger partial charge on any atom is -0.325 e. The number of benzene rings is 2. The minimum absolute atomic E-state index is 0.0483. The van der Waals surface area contributed by atoms with E-state index in [0.717, 1.165) is 11.3 Å². The lowest BCUT2D eigenvalue weighted by molar-refractivity contribution is -0.117. The normalized spacial score (nSPS) is 12.0. The Morgan fingerprint density at radius 3 is 2.33 bits per heavy atom. The molecular formula is C17H19ClN2O. The Labute approximate surface area is 130 Å². The zero-order valence-electron chi connectivity index (χ0n) is 12.2. The van der Waals surface area contributed by atoms with Crippen LogP contribution in [0.5, 0.6) is 0 Å². The highest BCUT2D eigenvalue weighted by Crippen LogP contribution is 2.10. The van der Waals surface area contributed by atoms with Crippen molar-refractivity contribution < 1.29 is 4.79 Å². The van der Waals surface area contributed by atoms with Gasteiger partial charge in [-0.1, -0.05) is 41.4 Å². The lowest BCUT2D eigenvalue weighted by Gasteiger charge is -2.14. The van der Waals surface area contributed by atoms with E-state index in [2.05, 4.69) is 10.6 Å². The van der Waals surface area contributed by atoms with Crippen LogP contribution < -0.4 is 10.6 Å². The number of rotatable bonds is 5. The molecule has 0 aromatic heterocycles. The van der Waals surface area contributed by atoms with Gasteiger partial charge in [0.15, 0.2) is 0 Å². The Hall–Kier alpha value is -1.84. The highest BCUT2D eigenvalue weighted by molar-refractivity contribution is 6.30. The Morgan fingerprint density at radius 2 is 1.71 bits per heavy atom. The molecule has 1 amide bonds. The predicted molar refractivity (Wildman–Crippen MR) is 87.6 cm³/mol. The highest BCUT2D eigenvalue weighted by Gasteiger charge is 2.12. The number of hydrogen-bond donors (Lipinski definition) is 2. The first-order valence-electron chi connectivity index (χ1n) is 6.90. The number of halogens is 1. The van der Waals surface area contributed by atoms with E-state index in [9.17, 15) is 4.79 Å². The summed E-state index contributed by atoms with van der Waals surface area (Å²) in [6.45, 7) is 4.49. The quantitative estimate of drug-likeness (QED) is 0.883. The summed E-state index contributed by atoms with van der Waals surface area (Å²) in [6.07, 6.45) is 0. The van der Waals surface area contributed by atoms with Gasteiger partial charge in [0.1, 0.15) is 0 Å². The van der Waals surface area contributed by atoms with Gasteiger partial charge in [-0.3, -0.25) is 4.79 Å². The zero-order valence-corrected chi connectivity index (χ0v) is 12.9. The maximum absolute atomic E-state index is 12.1. The average molecular weight is 303 g/mol. The molecule has 0 saturated heterocycles. The van der Waals surface area contributed by atoms with Gasteiger partial charge in [-0.05, 0) is 43.7 Å². The lowest BCUT2D eigenvalue weighted by Crippen LogP contribution is -2.37. The number of carbonyl (C=O) groups is 1. The van der Waals surface area contributed by atoms with Crippen molar-refractivity contribution in [2.45, 2.75) is 26.4 Å². The Balaban J connectivity index is 1.84. The number of amides is 1. The number of hydrogen-bond acceptors (Lipinski definition) is 2. The molecule has 0 radical (unpaired) electrons. The number of nitrogens with one attached hydrogen (secondary N) is 2. The van der Waals surface area contributed by atoms with E-state index in [1.54, 1.807) is 0 Å². The van der Waals surface area contributed by atoms with E-state index < -0.39 is 0 Å². The molecule has 1 atom stereocenters. The fraction of sp³-hybridized carbons (Fsp3) is 0.235. The second-order valence-electron chi connectivity index (χ2n) is 5.08.